The minimum Gasteiger partial charge on any atom is -0.507 e. The second-order valence-electron chi connectivity index (χ2n) is 6.88. The predicted molar refractivity (Wildman–Crippen MR) is 97.4 cm³/mol. The van der Waals surface area contributed by atoms with Crippen LogP contribution >= 0.6 is 0 Å². The topological polar surface area (TPSA) is 33.4 Å². The van der Waals surface area contributed by atoms with E-state index in [4.69, 9.17) is 4.42 Å². The molecule has 2 heteroatoms. The average Bonchev–Trinajstić information content (AvgIpc) is 2.88. The van der Waals surface area contributed by atoms with Crippen LogP contribution in [0.4, 0.5) is 0 Å². The molecule has 1 N–H and O–H groups in total. The molecule has 0 unspecified atom stereocenters. The molecule has 3 rings (SSSR count). The minimum atomic E-state index is 0.347. The predicted octanol–water partition coefficient (Wildman–Crippen LogP) is 6.46. The molecule has 1 aromatic heterocycles. The van der Waals surface area contributed by atoms with Crippen molar-refractivity contribution in [3.05, 3.63) is 41.0 Å². The van der Waals surface area contributed by atoms with Crippen LogP contribution in [0.15, 0.2) is 28.7 Å². The van der Waals surface area contributed by atoms with Crippen molar-refractivity contribution < 1.29 is 9.52 Å². The Balaban J connectivity index is 2.21. The summed E-state index contributed by atoms with van der Waals surface area (Å²) in [6.45, 7) is 8.63. The molecule has 122 valence electrons. The fraction of sp³-hybridized carbons (Fsp3) is 0.429. The van der Waals surface area contributed by atoms with E-state index in [2.05, 4.69) is 45.9 Å². The van der Waals surface area contributed by atoms with Gasteiger partial charge in [0.05, 0.1) is 5.39 Å². The molecule has 2 aromatic carbocycles. The summed E-state index contributed by atoms with van der Waals surface area (Å²) in [5.74, 6) is 0.739. The van der Waals surface area contributed by atoms with Crippen LogP contribution in [-0.4, -0.2) is 5.11 Å². The number of hydrogen-bond donors (Lipinski definition) is 1. The van der Waals surface area contributed by atoms with E-state index in [1.54, 1.807) is 0 Å². The number of hydrogen-bond acceptors (Lipinski definition) is 2. The number of phenolic OH excluding ortho intramolecular Hbond substituents is 1. The first-order chi connectivity index (χ1) is 11.0. The smallest absolute Gasteiger partial charge is 0.139 e. The maximum Gasteiger partial charge on any atom is 0.139 e. The third-order valence-electron chi connectivity index (χ3n) is 4.68. The average molecular weight is 310 g/mol. The zero-order valence-electron chi connectivity index (χ0n) is 14.6. The van der Waals surface area contributed by atoms with Gasteiger partial charge in [-0.3, -0.25) is 0 Å². The number of furan rings is 1. The van der Waals surface area contributed by atoms with Crippen LogP contribution in [0.25, 0.3) is 21.9 Å². The van der Waals surface area contributed by atoms with Crippen molar-refractivity contribution in [2.75, 3.05) is 0 Å². The molecular formula is C21H26O2. The Morgan fingerprint density at radius 2 is 1.87 bits per heavy atom. The van der Waals surface area contributed by atoms with Crippen molar-refractivity contribution >= 4 is 21.9 Å². The number of aromatic hydroxyl groups is 1. The second kappa shape index (κ2) is 6.27. The molecule has 0 saturated carbocycles. The largest absolute Gasteiger partial charge is 0.507 e. The molecule has 0 atom stereocenters. The Bertz CT molecular complexity index is 840. The SMILES string of the molecule is CCCCCc1cc(O)c2c(c1)oc1c(C)ccc(C(C)C)c12. The molecule has 1 heterocycles. The lowest BCUT2D eigenvalue weighted by Crippen LogP contribution is -1.90. The van der Waals surface area contributed by atoms with Gasteiger partial charge < -0.3 is 9.52 Å². The maximum absolute atomic E-state index is 10.6. The van der Waals surface area contributed by atoms with Gasteiger partial charge in [-0.25, -0.2) is 0 Å². The lowest BCUT2D eigenvalue weighted by atomic mass is 9.94. The van der Waals surface area contributed by atoms with Gasteiger partial charge in [0.2, 0.25) is 0 Å². The van der Waals surface area contributed by atoms with Crippen molar-refractivity contribution in [3.63, 3.8) is 0 Å². The van der Waals surface area contributed by atoms with Gasteiger partial charge in [0.25, 0.3) is 0 Å². The molecule has 3 aromatic rings. The Labute approximate surface area is 138 Å². The van der Waals surface area contributed by atoms with Gasteiger partial charge in [0, 0.05) is 5.39 Å². The number of rotatable bonds is 5. The van der Waals surface area contributed by atoms with E-state index in [0.717, 1.165) is 45.9 Å². The monoisotopic (exact) mass is 310 g/mol. The summed E-state index contributed by atoms with van der Waals surface area (Å²) in [7, 11) is 0. The molecule has 0 aliphatic rings. The number of unbranched alkanes of at least 4 members (excludes halogenated alkanes) is 2. The quantitative estimate of drug-likeness (QED) is 0.549. The summed E-state index contributed by atoms with van der Waals surface area (Å²) in [5, 5.41) is 12.6. The molecule has 0 fully saturated rings. The Kier molecular flexibility index (Phi) is 4.34. The molecule has 0 bridgehead atoms. The van der Waals surface area contributed by atoms with E-state index in [-0.39, 0.29) is 0 Å². The lowest BCUT2D eigenvalue weighted by molar-refractivity contribution is 0.480. The van der Waals surface area contributed by atoms with Crippen molar-refractivity contribution in [1.82, 2.24) is 0 Å². The number of phenols is 1. The number of fused-ring (bicyclic) bond motifs is 3. The van der Waals surface area contributed by atoms with Crippen LogP contribution in [-0.2, 0) is 6.42 Å². The fourth-order valence-electron chi connectivity index (χ4n) is 3.39. The molecule has 2 nitrogen and oxygen atoms in total. The van der Waals surface area contributed by atoms with Gasteiger partial charge in [-0.05, 0) is 54.5 Å². The summed E-state index contributed by atoms with van der Waals surface area (Å²) in [5.41, 5.74) is 5.23. The number of benzene rings is 2. The van der Waals surface area contributed by atoms with Gasteiger partial charge >= 0.3 is 0 Å². The Hall–Kier alpha value is -1.96. The van der Waals surface area contributed by atoms with Crippen molar-refractivity contribution in [3.8, 4) is 5.75 Å². The molecule has 0 spiro atoms. The maximum atomic E-state index is 10.6. The molecule has 23 heavy (non-hydrogen) atoms. The van der Waals surface area contributed by atoms with Crippen LogP contribution in [0.5, 0.6) is 5.75 Å². The van der Waals surface area contributed by atoms with Gasteiger partial charge in [0.1, 0.15) is 16.9 Å². The van der Waals surface area contributed by atoms with E-state index < -0.39 is 0 Å². The first kappa shape index (κ1) is 15.9. The highest BCUT2D eigenvalue weighted by Gasteiger charge is 2.18. The van der Waals surface area contributed by atoms with E-state index in [9.17, 15) is 5.11 Å². The summed E-state index contributed by atoms with van der Waals surface area (Å²) in [4.78, 5) is 0. The third-order valence-corrected chi connectivity index (χ3v) is 4.68. The third kappa shape index (κ3) is 2.83. The highest BCUT2D eigenvalue weighted by Crippen LogP contribution is 2.41. The normalized spacial score (nSPS) is 11.9. The van der Waals surface area contributed by atoms with Crippen molar-refractivity contribution in [2.45, 2.75) is 59.3 Å². The Morgan fingerprint density at radius 1 is 1.09 bits per heavy atom. The van der Waals surface area contributed by atoms with Crippen molar-refractivity contribution in [1.29, 1.82) is 0 Å². The molecular weight excluding hydrogens is 284 g/mol. The molecule has 0 amide bonds. The standard InChI is InChI=1S/C21H26O2/c1-5-6-7-8-15-11-17(22)20-18(12-15)23-21-14(4)9-10-16(13(2)3)19(20)21/h9-13,22H,5-8H2,1-4H3. The van der Waals surface area contributed by atoms with Crippen LogP contribution < -0.4 is 0 Å². The summed E-state index contributed by atoms with van der Waals surface area (Å²) in [6.07, 6.45) is 4.56. The van der Waals surface area contributed by atoms with Gasteiger partial charge in [0.15, 0.2) is 0 Å². The van der Waals surface area contributed by atoms with Gasteiger partial charge in [-0.2, -0.15) is 0 Å². The first-order valence-electron chi connectivity index (χ1n) is 8.70. The lowest BCUT2D eigenvalue weighted by Gasteiger charge is -2.09. The van der Waals surface area contributed by atoms with Crippen LogP contribution in [0.2, 0.25) is 0 Å². The van der Waals surface area contributed by atoms with Gasteiger partial charge in [-0.15, -0.1) is 0 Å². The first-order valence-corrected chi connectivity index (χ1v) is 8.70. The van der Waals surface area contributed by atoms with E-state index in [0.29, 0.717) is 11.7 Å². The molecule has 0 aliphatic heterocycles. The van der Waals surface area contributed by atoms with E-state index in [1.165, 1.54) is 18.4 Å². The highest BCUT2D eigenvalue weighted by atomic mass is 16.3. The minimum absolute atomic E-state index is 0.347. The van der Waals surface area contributed by atoms with Crippen LogP contribution in [0.3, 0.4) is 0 Å². The molecule has 0 aliphatic carbocycles. The van der Waals surface area contributed by atoms with Crippen LogP contribution in [0.1, 0.15) is 62.6 Å². The zero-order valence-corrected chi connectivity index (χ0v) is 14.6. The molecule has 0 radical (unpaired) electrons. The summed E-state index contributed by atoms with van der Waals surface area (Å²) < 4.78 is 6.14. The second-order valence-corrected chi connectivity index (χ2v) is 6.88. The zero-order chi connectivity index (χ0) is 16.6. The Morgan fingerprint density at radius 3 is 2.57 bits per heavy atom. The van der Waals surface area contributed by atoms with Crippen LogP contribution in [0, 0.1) is 6.92 Å². The number of aryl methyl sites for hydroxylation is 2. The highest BCUT2D eigenvalue weighted by molar-refractivity contribution is 6.11. The van der Waals surface area contributed by atoms with E-state index in [1.807, 2.05) is 6.07 Å². The summed E-state index contributed by atoms with van der Waals surface area (Å²) in [6, 6.07) is 8.29. The van der Waals surface area contributed by atoms with E-state index >= 15 is 0 Å². The fourth-order valence-corrected chi connectivity index (χ4v) is 3.39. The summed E-state index contributed by atoms with van der Waals surface area (Å²) >= 11 is 0. The molecule has 0 saturated heterocycles. The van der Waals surface area contributed by atoms with Crippen molar-refractivity contribution in [2.24, 2.45) is 0 Å². The van der Waals surface area contributed by atoms with Gasteiger partial charge in [-0.1, -0.05) is 45.7 Å².